The Labute approximate surface area is 72.5 Å². The molecule has 11 heavy (non-hydrogen) atoms. The Morgan fingerprint density at radius 3 is 3.00 bits per heavy atom. The van der Waals surface area contributed by atoms with Crippen molar-refractivity contribution in [3.63, 3.8) is 0 Å². The summed E-state index contributed by atoms with van der Waals surface area (Å²) in [6, 6.07) is 0.440. The van der Waals surface area contributed by atoms with E-state index in [4.69, 9.17) is 17.0 Å². The van der Waals surface area contributed by atoms with Crippen molar-refractivity contribution in [2.75, 3.05) is 13.7 Å². The van der Waals surface area contributed by atoms with Crippen LogP contribution in [-0.4, -0.2) is 30.9 Å². The maximum atomic E-state index is 5.36. The largest absolute Gasteiger partial charge is 0.376 e. The molecule has 0 radical (unpaired) electrons. The molecule has 0 amide bonds. The number of hydrogen-bond donors (Lipinski definition) is 2. The third-order valence-electron chi connectivity index (χ3n) is 1.66. The van der Waals surface area contributed by atoms with E-state index in [1.54, 1.807) is 0 Å². The molecule has 1 rings (SSSR count). The molecule has 1 aliphatic rings. The Morgan fingerprint density at radius 1 is 1.73 bits per heavy atom. The molecular formula is C7H14N2OS. The van der Waals surface area contributed by atoms with E-state index in [-0.39, 0.29) is 0 Å². The molecule has 0 aliphatic heterocycles. The second kappa shape index (κ2) is 3.88. The van der Waals surface area contributed by atoms with Crippen LogP contribution >= 0.6 is 12.2 Å². The predicted molar refractivity (Wildman–Crippen MR) is 48.6 cm³/mol. The number of hydrogen-bond acceptors (Lipinski definition) is 2. The zero-order valence-electron chi connectivity index (χ0n) is 6.89. The van der Waals surface area contributed by atoms with Crippen molar-refractivity contribution in [1.29, 1.82) is 0 Å². The van der Waals surface area contributed by atoms with Gasteiger partial charge in [-0.05, 0) is 25.6 Å². The van der Waals surface area contributed by atoms with Crippen LogP contribution in [0.25, 0.3) is 0 Å². The predicted octanol–water partition coefficient (Wildman–Crippen LogP) is 0.258. The first-order valence-corrected chi connectivity index (χ1v) is 4.28. The summed E-state index contributed by atoms with van der Waals surface area (Å²) in [6.45, 7) is 2.79. The molecule has 2 unspecified atom stereocenters. The van der Waals surface area contributed by atoms with E-state index in [9.17, 15) is 0 Å². The summed E-state index contributed by atoms with van der Waals surface area (Å²) >= 11 is 4.93. The van der Waals surface area contributed by atoms with Crippen LogP contribution in [0, 0.1) is 0 Å². The minimum absolute atomic E-state index is 0.381. The summed E-state index contributed by atoms with van der Waals surface area (Å²) in [4.78, 5) is 0. The van der Waals surface area contributed by atoms with Crippen molar-refractivity contribution in [3.8, 4) is 0 Å². The number of thiocarbonyl (C=S) groups is 1. The van der Waals surface area contributed by atoms with Crippen LogP contribution in [0.15, 0.2) is 0 Å². The van der Waals surface area contributed by atoms with Crippen molar-refractivity contribution in [2.45, 2.75) is 25.5 Å². The number of ether oxygens (including phenoxy) is 1. The summed E-state index contributed by atoms with van der Waals surface area (Å²) < 4.78 is 5.36. The first-order valence-electron chi connectivity index (χ1n) is 3.87. The average Bonchev–Trinajstić information content (AvgIpc) is 2.69. The minimum atomic E-state index is 0.381. The number of nitrogens with one attached hydrogen (secondary N) is 2. The van der Waals surface area contributed by atoms with Crippen molar-refractivity contribution in [3.05, 3.63) is 0 Å². The molecule has 0 aromatic heterocycles. The van der Waals surface area contributed by atoms with Crippen LogP contribution in [0.2, 0.25) is 0 Å². The van der Waals surface area contributed by atoms with Crippen LogP contribution < -0.4 is 10.6 Å². The fourth-order valence-corrected chi connectivity index (χ4v) is 1.11. The SMILES string of the molecule is CCOC1CC1NC(=S)NC. The van der Waals surface area contributed by atoms with Gasteiger partial charge in [0.05, 0.1) is 12.1 Å². The number of rotatable bonds is 3. The Bertz CT molecular complexity index is 151. The van der Waals surface area contributed by atoms with Gasteiger partial charge in [-0.1, -0.05) is 0 Å². The highest BCUT2D eigenvalue weighted by Crippen LogP contribution is 2.24. The van der Waals surface area contributed by atoms with E-state index in [0.29, 0.717) is 17.3 Å². The fourth-order valence-electron chi connectivity index (χ4n) is 0.962. The molecule has 3 nitrogen and oxygen atoms in total. The Kier molecular flexibility index (Phi) is 3.08. The third kappa shape index (κ3) is 2.63. The Morgan fingerprint density at radius 2 is 2.45 bits per heavy atom. The molecular weight excluding hydrogens is 160 g/mol. The summed E-state index contributed by atoms with van der Waals surface area (Å²) in [7, 11) is 1.81. The van der Waals surface area contributed by atoms with Crippen molar-refractivity contribution in [2.24, 2.45) is 0 Å². The normalized spacial score (nSPS) is 27.8. The summed E-state index contributed by atoms with van der Waals surface area (Å²) in [5, 5.41) is 6.70. The van der Waals surface area contributed by atoms with Crippen molar-refractivity contribution >= 4 is 17.3 Å². The van der Waals surface area contributed by atoms with Crippen molar-refractivity contribution in [1.82, 2.24) is 10.6 Å². The first-order chi connectivity index (χ1) is 5.27. The van der Waals surface area contributed by atoms with Crippen LogP contribution in [-0.2, 0) is 4.74 Å². The second-order valence-corrected chi connectivity index (χ2v) is 2.97. The van der Waals surface area contributed by atoms with Gasteiger partial charge in [-0.2, -0.15) is 0 Å². The smallest absolute Gasteiger partial charge is 0.166 e. The highest BCUT2D eigenvalue weighted by molar-refractivity contribution is 7.80. The molecule has 0 heterocycles. The van der Waals surface area contributed by atoms with Gasteiger partial charge in [0.25, 0.3) is 0 Å². The molecule has 4 heteroatoms. The first kappa shape index (κ1) is 8.74. The van der Waals surface area contributed by atoms with E-state index in [2.05, 4.69) is 10.6 Å². The maximum absolute atomic E-state index is 5.36. The van der Waals surface area contributed by atoms with Gasteiger partial charge in [0.15, 0.2) is 5.11 Å². The summed E-state index contributed by atoms with van der Waals surface area (Å²) in [6.07, 6.45) is 1.46. The minimum Gasteiger partial charge on any atom is -0.376 e. The monoisotopic (exact) mass is 174 g/mol. The highest BCUT2D eigenvalue weighted by atomic mass is 32.1. The lowest BCUT2D eigenvalue weighted by atomic mass is 10.6. The summed E-state index contributed by atoms with van der Waals surface area (Å²) in [5.41, 5.74) is 0. The molecule has 2 atom stereocenters. The Hall–Kier alpha value is -0.350. The molecule has 1 fully saturated rings. The molecule has 0 bridgehead atoms. The maximum Gasteiger partial charge on any atom is 0.166 e. The van der Waals surface area contributed by atoms with Gasteiger partial charge in [-0.15, -0.1) is 0 Å². The average molecular weight is 174 g/mol. The lowest BCUT2D eigenvalue weighted by Crippen LogP contribution is -2.35. The molecule has 0 saturated heterocycles. The van der Waals surface area contributed by atoms with Crippen LogP contribution in [0.4, 0.5) is 0 Å². The van der Waals surface area contributed by atoms with Gasteiger partial charge in [0.2, 0.25) is 0 Å². The van der Waals surface area contributed by atoms with E-state index in [1.165, 1.54) is 0 Å². The second-order valence-electron chi connectivity index (χ2n) is 2.56. The van der Waals surface area contributed by atoms with Gasteiger partial charge < -0.3 is 15.4 Å². The highest BCUT2D eigenvalue weighted by Gasteiger charge is 2.38. The zero-order chi connectivity index (χ0) is 8.27. The van der Waals surface area contributed by atoms with E-state index >= 15 is 0 Å². The van der Waals surface area contributed by atoms with Crippen LogP contribution in [0.3, 0.4) is 0 Å². The molecule has 0 spiro atoms. The van der Waals surface area contributed by atoms with Gasteiger partial charge in [0, 0.05) is 13.7 Å². The summed E-state index contributed by atoms with van der Waals surface area (Å²) in [5.74, 6) is 0. The molecule has 2 N–H and O–H groups in total. The Balaban J connectivity index is 2.08. The van der Waals surface area contributed by atoms with Gasteiger partial charge in [0.1, 0.15) is 0 Å². The van der Waals surface area contributed by atoms with Gasteiger partial charge >= 0.3 is 0 Å². The van der Waals surface area contributed by atoms with E-state index in [1.807, 2.05) is 14.0 Å². The zero-order valence-corrected chi connectivity index (χ0v) is 7.70. The van der Waals surface area contributed by atoms with E-state index < -0.39 is 0 Å². The van der Waals surface area contributed by atoms with Gasteiger partial charge in [-0.3, -0.25) is 0 Å². The third-order valence-corrected chi connectivity index (χ3v) is 1.98. The molecule has 0 aromatic rings. The van der Waals surface area contributed by atoms with Crippen molar-refractivity contribution < 1.29 is 4.74 Å². The molecule has 64 valence electrons. The molecule has 1 saturated carbocycles. The van der Waals surface area contributed by atoms with Crippen LogP contribution in [0.1, 0.15) is 13.3 Å². The molecule has 1 aliphatic carbocycles. The standard InChI is InChI=1S/C7H14N2OS/c1-3-10-6-4-5(6)9-7(11)8-2/h5-6H,3-4H2,1-2H3,(H2,8,9,11). The topological polar surface area (TPSA) is 33.3 Å². The molecule has 0 aromatic carbocycles. The quantitative estimate of drug-likeness (QED) is 0.601. The van der Waals surface area contributed by atoms with Crippen LogP contribution in [0.5, 0.6) is 0 Å². The van der Waals surface area contributed by atoms with Gasteiger partial charge in [-0.25, -0.2) is 0 Å². The lowest BCUT2D eigenvalue weighted by molar-refractivity contribution is 0.127. The lowest BCUT2D eigenvalue weighted by Gasteiger charge is -2.05. The fraction of sp³-hybridized carbons (Fsp3) is 0.857. The van der Waals surface area contributed by atoms with E-state index in [0.717, 1.165) is 13.0 Å².